The third kappa shape index (κ3) is 5.10. The van der Waals surface area contributed by atoms with Crippen LogP contribution >= 0.6 is 0 Å². The van der Waals surface area contributed by atoms with Gasteiger partial charge in [-0.3, -0.25) is 14.6 Å². The van der Waals surface area contributed by atoms with Gasteiger partial charge in [-0.25, -0.2) is 0 Å². The first kappa shape index (κ1) is 13.2. The van der Waals surface area contributed by atoms with E-state index in [0.29, 0.717) is 6.54 Å². The summed E-state index contributed by atoms with van der Waals surface area (Å²) in [5, 5.41) is 5.12. The molecule has 0 fully saturated rings. The van der Waals surface area contributed by atoms with Crippen LogP contribution in [0.15, 0.2) is 24.5 Å². The first-order valence-corrected chi connectivity index (χ1v) is 5.38. The highest BCUT2D eigenvalue weighted by atomic mass is 16.2. The third-order valence-electron chi connectivity index (χ3n) is 1.87. The highest BCUT2D eigenvalue weighted by Crippen LogP contribution is 1.98. The third-order valence-corrected chi connectivity index (χ3v) is 1.87. The van der Waals surface area contributed by atoms with Gasteiger partial charge in [0.05, 0.1) is 0 Å². The molecule has 2 N–H and O–H groups in total. The lowest BCUT2D eigenvalue weighted by atomic mass is 10.1. The second kappa shape index (κ2) is 5.43. The summed E-state index contributed by atoms with van der Waals surface area (Å²) in [6.45, 7) is 5.75. The van der Waals surface area contributed by atoms with E-state index in [1.807, 2.05) is 26.8 Å². The molecule has 0 spiro atoms. The zero-order chi connectivity index (χ0) is 12.9. The number of carbonyl (C=O) groups is 2. The molecule has 17 heavy (non-hydrogen) atoms. The summed E-state index contributed by atoms with van der Waals surface area (Å²) in [6, 6.07) is 3.60. The van der Waals surface area contributed by atoms with Crippen molar-refractivity contribution >= 4 is 11.8 Å². The Morgan fingerprint density at radius 3 is 2.53 bits per heavy atom. The largest absolute Gasteiger partial charge is 0.344 e. The second-order valence-electron chi connectivity index (χ2n) is 4.75. The molecular formula is C12H17N3O2. The Morgan fingerprint density at radius 2 is 2.00 bits per heavy atom. The maximum Gasteiger partial charge on any atom is 0.309 e. The summed E-state index contributed by atoms with van der Waals surface area (Å²) < 4.78 is 0. The number of nitrogens with one attached hydrogen (secondary N) is 2. The van der Waals surface area contributed by atoms with Gasteiger partial charge in [0.15, 0.2) is 0 Å². The van der Waals surface area contributed by atoms with Crippen molar-refractivity contribution in [1.82, 2.24) is 15.6 Å². The fourth-order valence-corrected chi connectivity index (χ4v) is 1.16. The van der Waals surface area contributed by atoms with E-state index >= 15 is 0 Å². The molecule has 1 heterocycles. The topological polar surface area (TPSA) is 71.1 Å². The number of amides is 2. The number of nitrogens with zero attached hydrogens (tertiary/aromatic N) is 1. The van der Waals surface area contributed by atoms with Crippen LogP contribution in [0.25, 0.3) is 0 Å². The van der Waals surface area contributed by atoms with Crippen molar-refractivity contribution in [2.24, 2.45) is 0 Å². The Hall–Kier alpha value is -1.91. The van der Waals surface area contributed by atoms with Gasteiger partial charge in [0, 0.05) is 24.5 Å². The number of carbonyl (C=O) groups excluding carboxylic acids is 2. The summed E-state index contributed by atoms with van der Waals surface area (Å²) in [5.41, 5.74) is 0.437. The standard InChI is InChI=1S/C12H17N3O2/c1-12(2,3)15-11(17)10(16)14-8-9-5-4-6-13-7-9/h4-7H,8H2,1-3H3,(H,14,16)(H,15,17). The quantitative estimate of drug-likeness (QED) is 0.738. The van der Waals surface area contributed by atoms with Crippen LogP contribution in [0.3, 0.4) is 0 Å². The molecule has 0 atom stereocenters. The molecule has 5 heteroatoms. The minimum absolute atomic E-state index is 0.296. The van der Waals surface area contributed by atoms with Crippen LogP contribution in [-0.4, -0.2) is 22.3 Å². The molecule has 0 radical (unpaired) electrons. The molecule has 5 nitrogen and oxygen atoms in total. The Kier molecular flexibility index (Phi) is 4.20. The molecule has 0 saturated heterocycles. The van der Waals surface area contributed by atoms with Gasteiger partial charge in [-0.1, -0.05) is 6.07 Å². The van der Waals surface area contributed by atoms with E-state index in [4.69, 9.17) is 0 Å². The molecule has 0 aliphatic rings. The van der Waals surface area contributed by atoms with E-state index in [1.165, 1.54) is 0 Å². The van der Waals surface area contributed by atoms with Crippen LogP contribution in [0.4, 0.5) is 0 Å². The monoisotopic (exact) mass is 235 g/mol. The van der Waals surface area contributed by atoms with Crippen molar-refractivity contribution in [3.05, 3.63) is 30.1 Å². The highest BCUT2D eigenvalue weighted by molar-refractivity contribution is 6.35. The zero-order valence-corrected chi connectivity index (χ0v) is 10.3. The maximum absolute atomic E-state index is 11.5. The highest BCUT2D eigenvalue weighted by Gasteiger charge is 2.19. The van der Waals surface area contributed by atoms with Gasteiger partial charge < -0.3 is 10.6 Å². The van der Waals surface area contributed by atoms with Crippen LogP contribution in [0.2, 0.25) is 0 Å². The van der Waals surface area contributed by atoms with Gasteiger partial charge in [-0.15, -0.1) is 0 Å². The number of hydrogen-bond acceptors (Lipinski definition) is 3. The lowest BCUT2D eigenvalue weighted by Gasteiger charge is -2.19. The van der Waals surface area contributed by atoms with Crippen molar-refractivity contribution in [3.63, 3.8) is 0 Å². The summed E-state index contributed by atoms with van der Waals surface area (Å²) >= 11 is 0. The van der Waals surface area contributed by atoms with Crippen LogP contribution in [0, 0.1) is 0 Å². The fourth-order valence-electron chi connectivity index (χ4n) is 1.16. The van der Waals surface area contributed by atoms with E-state index in [1.54, 1.807) is 18.5 Å². The van der Waals surface area contributed by atoms with E-state index in [9.17, 15) is 9.59 Å². The minimum Gasteiger partial charge on any atom is -0.344 e. The first-order chi connectivity index (χ1) is 7.88. The van der Waals surface area contributed by atoms with Gasteiger partial charge in [0.2, 0.25) is 0 Å². The number of hydrogen-bond donors (Lipinski definition) is 2. The van der Waals surface area contributed by atoms with Gasteiger partial charge in [-0.05, 0) is 32.4 Å². The molecule has 0 bridgehead atoms. The zero-order valence-electron chi connectivity index (χ0n) is 10.3. The molecule has 0 aliphatic heterocycles. The summed E-state index contributed by atoms with van der Waals surface area (Å²) in [7, 11) is 0. The van der Waals surface area contributed by atoms with E-state index in [2.05, 4.69) is 15.6 Å². The lowest BCUT2D eigenvalue weighted by molar-refractivity contribution is -0.140. The SMILES string of the molecule is CC(C)(C)NC(=O)C(=O)NCc1cccnc1. The van der Waals surface area contributed by atoms with Crippen LogP contribution in [0.5, 0.6) is 0 Å². The Balaban J connectivity index is 2.43. The van der Waals surface area contributed by atoms with E-state index < -0.39 is 17.4 Å². The van der Waals surface area contributed by atoms with Crippen molar-refractivity contribution in [1.29, 1.82) is 0 Å². The van der Waals surface area contributed by atoms with Crippen LogP contribution < -0.4 is 10.6 Å². The van der Waals surface area contributed by atoms with Crippen molar-refractivity contribution in [2.45, 2.75) is 32.9 Å². The summed E-state index contributed by atoms with van der Waals surface area (Å²) in [4.78, 5) is 26.8. The fraction of sp³-hybridized carbons (Fsp3) is 0.417. The van der Waals surface area contributed by atoms with E-state index in [-0.39, 0.29) is 0 Å². The van der Waals surface area contributed by atoms with Crippen molar-refractivity contribution in [3.8, 4) is 0 Å². The number of rotatable bonds is 2. The predicted molar refractivity (Wildman–Crippen MR) is 64.0 cm³/mol. The molecule has 0 saturated carbocycles. The van der Waals surface area contributed by atoms with Gasteiger partial charge >= 0.3 is 11.8 Å². The van der Waals surface area contributed by atoms with Gasteiger partial charge in [-0.2, -0.15) is 0 Å². The van der Waals surface area contributed by atoms with E-state index in [0.717, 1.165) is 5.56 Å². The summed E-state index contributed by atoms with van der Waals surface area (Å²) in [6.07, 6.45) is 3.29. The molecule has 2 amide bonds. The molecule has 1 aromatic rings. The molecule has 1 rings (SSSR count). The predicted octanol–water partition coefficient (Wildman–Crippen LogP) is 0.612. The molecule has 0 aliphatic carbocycles. The van der Waals surface area contributed by atoms with Crippen LogP contribution in [-0.2, 0) is 16.1 Å². The smallest absolute Gasteiger partial charge is 0.309 e. The average Bonchev–Trinajstić information content (AvgIpc) is 2.25. The average molecular weight is 235 g/mol. The molecule has 0 aromatic carbocycles. The number of pyridine rings is 1. The molecule has 92 valence electrons. The molecule has 1 aromatic heterocycles. The van der Waals surface area contributed by atoms with Gasteiger partial charge in [0.25, 0.3) is 0 Å². The first-order valence-electron chi connectivity index (χ1n) is 5.38. The second-order valence-corrected chi connectivity index (χ2v) is 4.75. The Morgan fingerprint density at radius 1 is 1.29 bits per heavy atom. The molecular weight excluding hydrogens is 218 g/mol. The Bertz CT molecular complexity index is 396. The summed E-state index contributed by atoms with van der Waals surface area (Å²) in [5.74, 6) is -1.26. The normalized spacial score (nSPS) is 10.8. The van der Waals surface area contributed by atoms with Crippen LogP contribution in [0.1, 0.15) is 26.3 Å². The molecule has 0 unspecified atom stereocenters. The minimum atomic E-state index is -0.635. The number of aromatic nitrogens is 1. The Labute approximate surface area is 101 Å². The maximum atomic E-state index is 11.5. The van der Waals surface area contributed by atoms with Gasteiger partial charge in [0.1, 0.15) is 0 Å². The van der Waals surface area contributed by atoms with Crippen molar-refractivity contribution < 1.29 is 9.59 Å². The lowest BCUT2D eigenvalue weighted by Crippen LogP contribution is -2.48. The van der Waals surface area contributed by atoms with Crippen molar-refractivity contribution in [2.75, 3.05) is 0 Å².